The fourth-order valence-electron chi connectivity index (χ4n) is 2.98. The Morgan fingerprint density at radius 3 is 3.00 bits per heavy atom. The zero-order valence-electron chi connectivity index (χ0n) is 13.5. The van der Waals surface area contributed by atoms with E-state index >= 15 is 0 Å². The van der Waals surface area contributed by atoms with Gasteiger partial charge in [-0.05, 0) is 24.1 Å². The third-order valence-electron chi connectivity index (χ3n) is 4.12. The minimum absolute atomic E-state index is 0.124. The molecule has 0 spiro atoms. The van der Waals surface area contributed by atoms with E-state index in [0.29, 0.717) is 24.1 Å². The van der Waals surface area contributed by atoms with E-state index in [2.05, 4.69) is 27.1 Å². The highest BCUT2D eigenvalue weighted by Crippen LogP contribution is 2.24. The van der Waals surface area contributed by atoms with Crippen LogP contribution in [0, 0.1) is 5.92 Å². The third-order valence-corrected chi connectivity index (χ3v) is 4.12. The van der Waals surface area contributed by atoms with Gasteiger partial charge in [0.05, 0.1) is 5.69 Å². The van der Waals surface area contributed by atoms with Gasteiger partial charge in [0.25, 0.3) is 5.91 Å². The number of amides is 1. The number of hydrogen-bond donors (Lipinski definition) is 0. The molecule has 4 rings (SSSR count). The molecule has 0 bridgehead atoms. The average molecular weight is 323 g/mol. The number of aromatic nitrogens is 6. The van der Waals surface area contributed by atoms with Crippen molar-refractivity contribution in [2.45, 2.75) is 13.5 Å². The number of aryl methyl sites for hydroxylation is 1. The van der Waals surface area contributed by atoms with Gasteiger partial charge < -0.3 is 0 Å². The minimum atomic E-state index is -0.124. The van der Waals surface area contributed by atoms with Crippen LogP contribution in [0.4, 0.5) is 5.95 Å². The molecule has 3 aromatic heterocycles. The Bertz CT molecular complexity index is 883. The molecule has 4 heterocycles. The quantitative estimate of drug-likeness (QED) is 0.711. The molecule has 0 N–H and O–H groups in total. The fraction of sp³-hybridized carbons (Fsp3) is 0.312. The second-order valence-electron chi connectivity index (χ2n) is 6.04. The van der Waals surface area contributed by atoms with E-state index in [-0.39, 0.29) is 5.91 Å². The maximum absolute atomic E-state index is 13.0. The summed E-state index contributed by atoms with van der Waals surface area (Å²) in [6.45, 7) is 3.48. The molecule has 0 aromatic carbocycles. The van der Waals surface area contributed by atoms with Gasteiger partial charge >= 0.3 is 0 Å². The molecule has 1 aliphatic heterocycles. The Balaban J connectivity index is 1.70. The molecule has 0 fully saturated rings. The molecular formula is C16H17N7O. The number of hydrogen-bond acceptors (Lipinski definition) is 5. The molecular weight excluding hydrogens is 306 g/mol. The summed E-state index contributed by atoms with van der Waals surface area (Å²) in [5.74, 6) is 0.775. The molecule has 1 amide bonds. The highest BCUT2D eigenvalue weighted by molar-refractivity contribution is 6.04. The Morgan fingerprint density at radius 2 is 2.21 bits per heavy atom. The van der Waals surface area contributed by atoms with Crippen molar-refractivity contribution < 1.29 is 4.79 Å². The molecule has 0 saturated carbocycles. The Hall–Kier alpha value is -3.03. The first-order valence-corrected chi connectivity index (χ1v) is 7.77. The molecule has 0 saturated heterocycles. The van der Waals surface area contributed by atoms with E-state index in [1.54, 1.807) is 39.8 Å². The van der Waals surface area contributed by atoms with Crippen molar-refractivity contribution >= 4 is 11.9 Å². The van der Waals surface area contributed by atoms with E-state index in [0.717, 1.165) is 17.8 Å². The van der Waals surface area contributed by atoms with Crippen molar-refractivity contribution in [1.82, 2.24) is 29.5 Å². The average Bonchev–Trinajstić information content (AvgIpc) is 3.20. The topological polar surface area (TPSA) is 81.7 Å². The van der Waals surface area contributed by atoms with E-state index in [1.165, 1.54) is 6.33 Å². The lowest BCUT2D eigenvalue weighted by Gasteiger charge is -2.29. The summed E-state index contributed by atoms with van der Waals surface area (Å²) in [6, 6.07) is 5.56. The molecule has 3 aromatic rings. The second kappa shape index (κ2) is 5.55. The standard InChI is InChI=1S/C16H17N7O/c1-11-8-22(16-18-10-19-23(16)9-11)15(24)14-6-13(20-21(14)2)12-4-3-5-17-7-12/h3-7,10-11H,8-9H2,1-2H3. The van der Waals surface area contributed by atoms with Crippen molar-refractivity contribution in [2.24, 2.45) is 13.0 Å². The maximum Gasteiger partial charge on any atom is 0.278 e. The molecule has 0 radical (unpaired) electrons. The lowest BCUT2D eigenvalue weighted by Crippen LogP contribution is -2.42. The summed E-state index contributed by atoms with van der Waals surface area (Å²) in [5.41, 5.74) is 2.11. The van der Waals surface area contributed by atoms with Crippen LogP contribution >= 0.6 is 0 Å². The van der Waals surface area contributed by atoms with Gasteiger partial charge in [-0.1, -0.05) is 6.92 Å². The summed E-state index contributed by atoms with van der Waals surface area (Å²) < 4.78 is 3.37. The molecule has 0 aliphatic carbocycles. The number of fused-ring (bicyclic) bond motifs is 1. The summed E-state index contributed by atoms with van der Waals surface area (Å²) in [4.78, 5) is 23.0. The van der Waals surface area contributed by atoms with Crippen LogP contribution in [0.2, 0.25) is 0 Å². The number of nitrogens with zero attached hydrogens (tertiary/aromatic N) is 7. The Labute approximate surface area is 138 Å². The van der Waals surface area contributed by atoms with Crippen molar-refractivity contribution in [3.8, 4) is 11.3 Å². The largest absolute Gasteiger partial charge is 0.278 e. The van der Waals surface area contributed by atoms with E-state index < -0.39 is 0 Å². The predicted molar refractivity (Wildman–Crippen MR) is 87.3 cm³/mol. The van der Waals surface area contributed by atoms with Gasteiger partial charge in [0.2, 0.25) is 5.95 Å². The first-order valence-electron chi connectivity index (χ1n) is 7.77. The first-order chi connectivity index (χ1) is 11.6. The van der Waals surface area contributed by atoms with Crippen LogP contribution in [-0.4, -0.2) is 42.0 Å². The summed E-state index contributed by atoms with van der Waals surface area (Å²) in [7, 11) is 1.77. The third kappa shape index (κ3) is 2.36. The molecule has 1 unspecified atom stereocenters. The van der Waals surface area contributed by atoms with Gasteiger partial charge in [0, 0.05) is 38.1 Å². The van der Waals surface area contributed by atoms with E-state index in [4.69, 9.17) is 0 Å². The van der Waals surface area contributed by atoms with Crippen molar-refractivity contribution in [3.63, 3.8) is 0 Å². The van der Waals surface area contributed by atoms with Crippen LogP contribution in [0.3, 0.4) is 0 Å². The first kappa shape index (κ1) is 14.6. The smallest absolute Gasteiger partial charge is 0.275 e. The maximum atomic E-state index is 13.0. The van der Waals surface area contributed by atoms with Crippen LogP contribution in [0.1, 0.15) is 17.4 Å². The number of carbonyl (C=O) groups is 1. The van der Waals surface area contributed by atoms with Gasteiger partial charge in [-0.2, -0.15) is 15.2 Å². The van der Waals surface area contributed by atoms with Crippen LogP contribution in [0.5, 0.6) is 0 Å². The van der Waals surface area contributed by atoms with Crippen LogP contribution in [0.25, 0.3) is 11.3 Å². The van der Waals surface area contributed by atoms with E-state index in [9.17, 15) is 4.79 Å². The Kier molecular flexibility index (Phi) is 3.37. The van der Waals surface area contributed by atoms with Gasteiger partial charge in [-0.15, -0.1) is 0 Å². The minimum Gasteiger partial charge on any atom is -0.275 e. The number of anilines is 1. The van der Waals surface area contributed by atoms with Crippen molar-refractivity contribution in [1.29, 1.82) is 0 Å². The van der Waals surface area contributed by atoms with Gasteiger partial charge in [0.15, 0.2) is 0 Å². The normalized spacial score (nSPS) is 16.9. The fourth-order valence-corrected chi connectivity index (χ4v) is 2.98. The molecule has 1 aliphatic rings. The molecule has 8 heteroatoms. The Morgan fingerprint density at radius 1 is 1.33 bits per heavy atom. The SMILES string of the molecule is CC1CN(C(=O)c2cc(-c3cccnc3)nn2C)c2ncnn2C1. The van der Waals surface area contributed by atoms with E-state index in [1.807, 2.05) is 12.1 Å². The monoisotopic (exact) mass is 323 g/mol. The lowest BCUT2D eigenvalue weighted by atomic mass is 10.1. The summed E-state index contributed by atoms with van der Waals surface area (Å²) in [6.07, 6.45) is 4.93. The van der Waals surface area contributed by atoms with Crippen molar-refractivity contribution in [2.75, 3.05) is 11.4 Å². The zero-order chi connectivity index (χ0) is 16.7. The van der Waals surface area contributed by atoms with Crippen molar-refractivity contribution in [3.05, 3.63) is 42.6 Å². The molecule has 122 valence electrons. The lowest BCUT2D eigenvalue weighted by molar-refractivity contribution is 0.0965. The second-order valence-corrected chi connectivity index (χ2v) is 6.04. The van der Waals surface area contributed by atoms with Gasteiger partial charge in [-0.3, -0.25) is 19.4 Å². The zero-order valence-corrected chi connectivity index (χ0v) is 13.5. The number of pyridine rings is 1. The predicted octanol–water partition coefficient (Wildman–Crippen LogP) is 1.37. The highest BCUT2D eigenvalue weighted by atomic mass is 16.2. The van der Waals surface area contributed by atoms with Crippen LogP contribution in [-0.2, 0) is 13.6 Å². The van der Waals surface area contributed by atoms with Crippen LogP contribution in [0.15, 0.2) is 36.9 Å². The molecule has 24 heavy (non-hydrogen) atoms. The molecule has 1 atom stereocenters. The van der Waals surface area contributed by atoms with Crippen LogP contribution < -0.4 is 4.90 Å². The number of rotatable bonds is 2. The highest BCUT2D eigenvalue weighted by Gasteiger charge is 2.30. The van der Waals surface area contributed by atoms with Gasteiger partial charge in [0.1, 0.15) is 12.0 Å². The summed E-state index contributed by atoms with van der Waals surface area (Å²) in [5, 5.41) is 8.64. The molecule has 8 nitrogen and oxygen atoms in total. The summed E-state index contributed by atoms with van der Waals surface area (Å²) >= 11 is 0. The number of carbonyl (C=O) groups excluding carboxylic acids is 1. The van der Waals surface area contributed by atoms with Gasteiger partial charge in [-0.25, -0.2) is 4.68 Å².